The molecule has 3 heteroatoms. The van der Waals surface area contributed by atoms with Crippen molar-refractivity contribution in [2.45, 2.75) is 51.0 Å². The lowest BCUT2D eigenvalue weighted by molar-refractivity contribution is -0.131. The molecule has 1 N–H and O–H groups in total. The van der Waals surface area contributed by atoms with E-state index in [-0.39, 0.29) is 0 Å². The molecule has 1 amide bonds. The summed E-state index contributed by atoms with van der Waals surface area (Å²) >= 11 is 0. The second-order valence-electron chi connectivity index (χ2n) is 6.04. The summed E-state index contributed by atoms with van der Waals surface area (Å²) in [5.74, 6) is 0.352. The monoisotopic (exact) mass is 272 g/mol. The Morgan fingerprint density at radius 2 is 1.90 bits per heavy atom. The molecule has 0 aromatic heterocycles. The molecule has 1 unspecified atom stereocenters. The summed E-state index contributed by atoms with van der Waals surface area (Å²) in [6.45, 7) is 1.94. The normalized spacial score (nSPS) is 22.0. The number of carbonyl (C=O) groups is 1. The van der Waals surface area contributed by atoms with Crippen LogP contribution in [-0.2, 0) is 11.2 Å². The zero-order valence-electron chi connectivity index (χ0n) is 12.1. The molecule has 1 aromatic carbocycles. The van der Waals surface area contributed by atoms with Gasteiger partial charge >= 0.3 is 0 Å². The number of benzene rings is 1. The maximum atomic E-state index is 12.3. The van der Waals surface area contributed by atoms with Crippen molar-refractivity contribution in [2.24, 2.45) is 0 Å². The van der Waals surface area contributed by atoms with E-state index in [2.05, 4.69) is 34.5 Å². The molecule has 0 radical (unpaired) electrons. The summed E-state index contributed by atoms with van der Waals surface area (Å²) < 4.78 is 0. The van der Waals surface area contributed by atoms with Crippen LogP contribution in [0.25, 0.3) is 0 Å². The van der Waals surface area contributed by atoms with Crippen molar-refractivity contribution in [1.82, 2.24) is 4.90 Å². The van der Waals surface area contributed by atoms with Crippen LogP contribution in [0.5, 0.6) is 0 Å². The highest BCUT2D eigenvalue weighted by atomic mass is 16.2. The van der Waals surface area contributed by atoms with E-state index in [4.69, 9.17) is 0 Å². The minimum absolute atomic E-state index is 0.352. The van der Waals surface area contributed by atoms with Crippen LogP contribution in [0.15, 0.2) is 24.3 Å². The van der Waals surface area contributed by atoms with Gasteiger partial charge in [-0.25, -0.2) is 0 Å². The van der Waals surface area contributed by atoms with E-state index in [0.29, 0.717) is 18.4 Å². The molecule has 0 bridgehead atoms. The van der Waals surface area contributed by atoms with Crippen molar-refractivity contribution in [2.75, 3.05) is 18.4 Å². The third kappa shape index (κ3) is 3.14. The summed E-state index contributed by atoms with van der Waals surface area (Å²) in [4.78, 5) is 14.4. The van der Waals surface area contributed by atoms with Gasteiger partial charge in [0.1, 0.15) is 0 Å². The summed E-state index contributed by atoms with van der Waals surface area (Å²) in [6, 6.07) is 8.90. The first kappa shape index (κ1) is 13.5. The topological polar surface area (TPSA) is 32.3 Å². The average molecular weight is 272 g/mol. The molecule has 1 atom stereocenters. The smallest absolute Gasteiger partial charge is 0.222 e. The largest absolute Gasteiger partial charge is 0.382 e. The summed E-state index contributed by atoms with van der Waals surface area (Å²) in [5, 5.41) is 3.53. The van der Waals surface area contributed by atoms with Gasteiger partial charge in [0.15, 0.2) is 0 Å². The van der Waals surface area contributed by atoms with Gasteiger partial charge in [0, 0.05) is 31.2 Å². The van der Waals surface area contributed by atoms with Crippen LogP contribution < -0.4 is 5.32 Å². The lowest BCUT2D eigenvalue weighted by Gasteiger charge is -2.21. The number of anilines is 1. The molecule has 3 rings (SSSR count). The van der Waals surface area contributed by atoms with Crippen LogP contribution in [0.4, 0.5) is 5.69 Å². The summed E-state index contributed by atoms with van der Waals surface area (Å²) in [7, 11) is 0. The van der Waals surface area contributed by atoms with Crippen LogP contribution in [0, 0.1) is 0 Å². The van der Waals surface area contributed by atoms with Crippen molar-refractivity contribution >= 4 is 11.6 Å². The second kappa shape index (κ2) is 6.29. The number of nitrogens with one attached hydrogen (secondary N) is 1. The third-order valence-electron chi connectivity index (χ3n) is 4.51. The standard InChI is InChI=1S/C17H24N2O/c20-17(19-11-5-1-2-6-12-19)10-9-15-13-14-7-3-4-8-16(14)18-15/h3-4,7-8,15,18H,1-2,5-6,9-13H2. The van der Waals surface area contributed by atoms with Gasteiger partial charge in [-0.3, -0.25) is 4.79 Å². The Labute approximate surface area is 121 Å². The highest BCUT2D eigenvalue weighted by Gasteiger charge is 2.22. The number of fused-ring (bicyclic) bond motifs is 1. The van der Waals surface area contributed by atoms with E-state index in [0.717, 1.165) is 25.9 Å². The first-order valence-electron chi connectivity index (χ1n) is 7.95. The predicted molar refractivity (Wildman–Crippen MR) is 81.8 cm³/mol. The van der Waals surface area contributed by atoms with Crippen molar-refractivity contribution in [3.63, 3.8) is 0 Å². The first-order chi connectivity index (χ1) is 9.83. The van der Waals surface area contributed by atoms with Crippen molar-refractivity contribution in [3.8, 4) is 0 Å². The number of para-hydroxylation sites is 1. The Hall–Kier alpha value is -1.51. The Kier molecular flexibility index (Phi) is 4.24. The molecule has 2 heterocycles. The van der Waals surface area contributed by atoms with E-state index in [1.54, 1.807) is 0 Å². The Morgan fingerprint density at radius 3 is 2.65 bits per heavy atom. The van der Waals surface area contributed by atoms with Crippen LogP contribution in [0.3, 0.4) is 0 Å². The Morgan fingerprint density at radius 1 is 1.15 bits per heavy atom. The first-order valence-corrected chi connectivity index (χ1v) is 7.95. The van der Waals surface area contributed by atoms with Crippen molar-refractivity contribution in [3.05, 3.63) is 29.8 Å². The molecular weight excluding hydrogens is 248 g/mol. The number of hydrogen-bond acceptors (Lipinski definition) is 2. The fraction of sp³-hybridized carbons (Fsp3) is 0.588. The van der Waals surface area contributed by atoms with Gasteiger partial charge in [-0.1, -0.05) is 31.0 Å². The number of carbonyl (C=O) groups excluding carboxylic acids is 1. The number of hydrogen-bond donors (Lipinski definition) is 1. The van der Waals surface area contributed by atoms with Crippen LogP contribution in [0.2, 0.25) is 0 Å². The molecular formula is C17H24N2O. The molecule has 1 saturated heterocycles. The molecule has 0 aliphatic carbocycles. The van der Waals surface area contributed by atoms with Gasteiger partial charge in [0.2, 0.25) is 5.91 Å². The van der Waals surface area contributed by atoms with Gasteiger partial charge in [0.25, 0.3) is 0 Å². The lowest BCUT2D eigenvalue weighted by atomic mass is 10.1. The van der Waals surface area contributed by atoms with E-state index in [1.807, 2.05) is 0 Å². The van der Waals surface area contributed by atoms with E-state index >= 15 is 0 Å². The van der Waals surface area contributed by atoms with Gasteiger partial charge in [-0.05, 0) is 37.3 Å². The number of likely N-dealkylation sites (tertiary alicyclic amines) is 1. The van der Waals surface area contributed by atoms with Gasteiger partial charge in [-0.2, -0.15) is 0 Å². The quantitative estimate of drug-likeness (QED) is 0.916. The van der Waals surface area contributed by atoms with E-state index in [9.17, 15) is 4.79 Å². The Bertz CT molecular complexity index is 439. The summed E-state index contributed by atoms with van der Waals surface area (Å²) in [6.07, 6.45) is 7.61. The average Bonchev–Trinajstić information content (AvgIpc) is 2.69. The van der Waals surface area contributed by atoms with Crippen molar-refractivity contribution in [1.29, 1.82) is 0 Å². The molecule has 0 spiro atoms. The second-order valence-corrected chi connectivity index (χ2v) is 6.04. The van der Waals surface area contributed by atoms with Gasteiger partial charge < -0.3 is 10.2 Å². The molecule has 2 aliphatic rings. The molecule has 2 aliphatic heterocycles. The maximum absolute atomic E-state index is 12.3. The number of rotatable bonds is 3. The Balaban J connectivity index is 1.47. The molecule has 108 valence electrons. The lowest BCUT2D eigenvalue weighted by Crippen LogP contribution is -2.32. The minimum Gasteiger partial charge on any atom is -0.382 e. The highest BCUT2D eigenvalue weighted by molar-refractivity contribution is 5.76. The zero-order valence-corrected chi connectivity index (χ0v) is 12.1. The van der Waals surface area contributed by atoms with Crippen LogP contribution in [-0.4, -0.2) is 29.9 Å². The van der Waals surface area contributed by atoms with E-state index in [1.165, 1.54) is 36.9 Å². The SMILES string of the molecule is O=C(CCC1Cc2ccccc2N1)N1CCCCCC1. The van der Waals surface area contributed by atoms with E-state index < -0.39 is 0 Å². The third-order valence-corrected chi connectivity index (χ3v) is 4.51. The predicted octanol–water partition coefficient (Wildman–Crippen LogP) is 3.21. The fourth-order valence-electron chi connectivity index (χ4n) is 3.33. The number of nitrogens with zero attached hydrogens (tertiary/aromatic N) is 1. The van der Waals surface area contributed by atoms with Crippen molar-refractivity contribution < 1.29 is 4.79 Å². The van der Waals surface area contributed by atoms with Gasteiger partial charge in [0.05, 0.1) is 0 Å². The molecule has 0 saturated carbocycles. The zero-order chi connectivity index (χ0) is 13.8. The van der Waals surface area contributed by atoms with Crippen LogP contribution >= 0.6 is 0 Å². The molecule has 1 fully saturated rings. The van der Waals surface area contributed by atoms with Gasteiger partial charge in [-0.15, -0.1) is 0 Å². The number of amides is 1. The van der Waals surface area contributed by atoms with Crippen LogP contribution in [0.1, 0.15) is 44.1 Å². The summed E-state index contributed by atoms with van der Waals surface area (Å²) in [5.41, 5.74) is 2.64. The highest BCUT2D eigenvalue weighted by Crippen LogP contribution is 2.27. The fourth-order valence-corrected chi connectivity index (χ4v) is 3.33. The molecule has 20 heavy (non-hydrogen) atoms. The molecule has 3 nitrogen and oxygen atoms in total. The minimum atomic E-state index is 0.352. The molecule has 1 aromatic rings. The maximum Gasteiger partial charge on any atom is 0.222 e.